The highest BCUT2D eigenvalue weighted by molar-refractivity contribution is 6.04. The van der Waals surface area contributed by atoms with Crippen LogP contribution in [0.3, 0.4) is 0 Å². The molecule has 23 heavy (non-hydrogen) atoms. The highest BCUT2D eigenvalue weighted by Gasteiger charge is 2.12. The summed E-state index contributed by atoms with van der Waals surface area (Å²) in [6.07, 6.45) is 1.01. The van der Waals surface area contributed by atoms with Crippen LogP contribution in [0.2, 0.25) is 0 Å². The predicted octanol–water partition coefficient (Wildman–Crippen LogP) is 2.43. The lowest BCUT2D eigenvalue weighted by Crippen LogP contribution is -2.14. The molecule has 3 N–H and O–H groups in total. The van der Waals surface area contributed by atoms with Crippen LogP contribution in [0.5, 0.6) is 0 Å². The molecule has 0 spiro atoms. The number of H-pyrrole nitrogens is 1. The maximum Gasteiger partial charge on any atom is 0.250 e. The summed E-state index contributed by atoms with van der Waals surface area (Å²) in [6.45, 7) is 1.02. The minimum atomic E-state index is -0.465. The van der Waals surface area contributed by atoms with E-state index in [2.05, 4.69) is 41.1 Å². The third-order valence-corrected chi connectivity index (χ3v) is 3.85. The van der Waals surface area contributed by atoms with E-state index < -0.39 is 5.91 Å². The Bertz CT molecular complexity index is 834. The van der Waals surface area contributed by atoms with Gasteiger partial charge in [0, 0.05) is 12.1 Å². The number of fused-ring (bicyclic) bond motifs is 1. The molecule has 0 atom stereocenters. The van der Waals surface area contributed by atoms with Crippen LogP contribution in [0.25, 0.3) is 22.4 Å². The van der Waals surface area contributed by atoms with E-state index in [1.807, 2.05) is 18.2 Å². The molecule has 2 aromatic carbocycles. The summed E-state index contributed by atoms with van der Waals surface area (Å²) in [6, 6.07) is 13.7. The van der Waals surface area contributed by atoms with Crippen molar-refractivity contribution < 1.29 is 4.79 Å². The van der Waals surface area contributed by atoms with Crippen molar-refractivity contribution in [2.24, 2.45) is 5.73 Å². The molecule has 5 heteroatoms. The molecule has 1 heterocycles. The van der Waals surface area contributed by atoms with Gasteiger partial charge in [-0.25, -0.2) is 4.98 Å². The van der Waals surface area contributed by atoms with E-state index in [0.717, 1.165) is 29.9 Å². The Kier molecular flexibility index (Phi) is 4.12. The molecule has 1 amide bonds. The number of rotatable bonds is 5. The third-order valence-electron chi connectivity index (χ3n) is 3.85. The molecule has 118 valence electrons. The van der Waals surface area contributed by atoms with Gasteiger partial charge in [0.2, 0.25) is 0 Å². The summed E-state index contributed by atoms with van der Waals surface area (Å²) in [5.74, 6) is 0.278. The van der Waals surface area contributed by atoms with Crippen LogP contribution in [-0.2, 0) is 6.42 Å². The number of likely N-dealkylation sites (N-methyl/N-ethyl adjacent to an activating group) is 1. The maximum atomic E-state index is 11.5. The van der Waals surface area contributed by atoms with Gasteiger partial charge in [-0.1, -0.05) is 30.3 Å². The predicted molar refractivity (Wildman–Crippen MR) is 92.3 cm³/mol. The summed E-state index contributed by atoms with van der Waals surface area (Å²) in [5.41, 5.74) is 9.56. The summed E-state index contributed by atoms with van der Waals surface area (Å²) in [5, 5.41) is 0. The van der Waals surface area contributed by atoms with Crippen molar-refractivity contribution in [2.75, 3.05) is 20.6 Å². The zero-order valence-electron chi connectivity index (χ0n) is 13.3. The largest absolute Gasteiger partial charge is 0.366 e. The topological polar surface area (TPSA) is 75.0 Å². The number of amides is 1. The molecule has 0 saturated heterocycles. The number of nitrogens with two attached hydrogens (primary N) is 1. The van der Waals surface area contributed by atoms with Gasteiger partial charge in [0.05, 0.1) is 11.1 Å². The quantitative estimate of drug-likeness (QED) is 0.760. The van der Waals surface area contributed by atoms with Crippen LogP contribution in [-0.4, -0.2) is 41.4 Å². The molecule has 5 nitrogen and oxygen atoms in total. The zero-order chi connectivity index (χ0) is 16.4. The average molecular weight is 308 g/mol. The Morgan fingerprint density at radius 3 is 2.57 bits per heavy atom. The Morgan fingerprint density at radius 1 is 1.17 bits per heavy atom. The summed E-state index contributed by atoms with van der Waals surface area (Å²) < 4.78 is 0. The van der Waals surface area contributed by atoms with Crippen LogP contribution < -0.4 is 5.73 Å². The van der Waals surface area contributed by atoms with E-state index in [1.54, 1.807) is 12.1 Å². The highest BCUT2D eigenvalue weighted by Crippen LogP contribution is 2.23. The van der Waals surface area contributed by atoms with Crippen molar-refractivity contribution >= 4 is 16.9 Å². The molecule has 3 rings (SSSR count). The van der Waals surface area contributed by atoms with Crippen molar-refractivity contribution in [1.82, 2.24) is 14.9 Å². The van der Waals surface area contributed by atoms with Crippen LogP contribution in [0.4, 0.5) is 0 Å². The molecule has 0 radical (unpaired) electrons. The molecule has 3 aromatic rings. The fourth-order valence-electron chi connectivity index (χ4n) is 2.55. The van der Waals surface area contributed by atoms with Gasteiger partial charge in [0.25, 0.3) is 5.91 Å². The fourth-order valence-corrected chi connectivity index (χ4v) is 2.55. The lowest BCUT2D eigenvalue weighted by atomic mass is 10.1. The van der Waals surface area contributed by atoms with Crippen LogP contribution in [0.1, 0.15) is 15.9 Å². The molecule has 0 fully saturated rings. The fraction of sp³-hybridized carbons (Fsp3) is 0.222. The number of nitrogens with one attached hydrogen (secondary N) is 1. The summed E-state index contributed by atoms with van der Waals surface area (Å²) in [7, 11) is 4.14. The number of aromatic nitrogens is 2. The summed E-state index contributed by atoms with van der Waals surface area (Å²) in [4.78, 5) is 21.5. The Balaban J connectivity index is 1.91. The number of nitrogens with zero attached hydrogens (tertiary/aromatic N) is 2. The maximum absolute atomic E-state index is 11.5. The number of hydrogen-bond donors (Lipinski definition) is 2. The molecule has 0 bridgehead atoms. The molecule has 0 saturated carbocycles. The van der Waals surface area contributed by atoms with Gasteiger partial charge in [-0.3, -0.25) is 4.79 Å². The second kappa shape index (κ2) is 6.22. The minimum absolute atomic E-state index is 0.438. The van der Waals surface area contributed by atoms with E-state index in [4.69, 9.17) is 5.73 Å². The lowest BCUT2D eigenvalue weighted by Gasteiger charge is -2.09. The molecular formula is C18H20N4O. The summed E-state index contributed by atoms with van der Waals surface area (Å²) >= 11 is 0. The van der Waals surface area contributed by atoms with E-state index in [9.17, 15) is 4.79 Å². The van der Waals surface area contributed by atoms with E-state index in [1.165, 1.54) is 5.56 Å². The number of para-hydroxylation sites is 1. The van der Waals surface area contributed by atoms with E-state index in [0.29, 0.717) is 11.1 Å². The van der Waals surface area contributed by atoms with Gasteiger partial charge in [-0.15, -0.1) is 0 Å². The number of carbonyl (C=O) groups excluding carboxylic acids is 1. The number of carbonyl (C=O) groups is 1. The first kappa shape index (κ1) is 15.2. The van der Waals surface area contributed by atoms with Crippen LogP contribution in [0.15, 0.2) is 42.5 Å². The van der Waals surface area contributed by atoms with Crippen molar-refractivity contribution in [3.63, 3.8) is 0 Å². The Labute approximate surface area is 135 Å². The first-order valence-electron chi connectivity index (χ1n) is 7.57. The SMILES string of the molecule is CN(C)CCc1ccc(-c2nc3c(C(N)=O)cccc3[nH]2)cc1. The second-order valence-electron chi connectivity index (χ2n) is 5.90. The molecule has 1 aromatic heterocycles. The Hall–Kier alpha value is -2.66. The standard InChI is InChI=1S/C18H20N4O/c1-22(2)11-10-12-6-8-13(9-7-12)18-20-15-5-3-4-14(17(19)23)16(15)21-18/h3-9H,10-11H2,1-2H3,(H2,19,23)(H,20,21). The van der Waals surface area contributed by atoms with Gasteiger partial charge in [-0.2, -0.15) is 0 Å². The van der Waals surface area contributed by atoms with E-state index >= 15 is 0 Å². The second-order valence-corrected chi connectivity index (χ2v) is 5.90. The minimum Gasteiger partial charge on any atom is -0.366 e. The van der Waals surface area contributed by atoms with Crippen molar-refractivity contribution in [3.05, 3.63) is 53.6 Å². The van der Waals surface area contributed by atoms with Crippen LogP contribution >= 0.6 is 0 Å². The number of aromatic amines is 1. The van der Waals surface area contributed by atoms with Gasteiger partial charge in [-0.05, 0) is 38.2 Å². The molecule has 0 aliphatic carbocycles. The number of benzene rings is 2. The number of imidazole rings is 1. The number of hydrogen-bond acceptors (Lipinski definition) is 3. The average Bonchev–Trinajstić information content (AvgIpc) is 2.97. The van der Waals surface area contributed by atoms with Gasteiger partial charge in [0.1, 0.15) is 11.3 Å². The lowest BCUT2D eigenvalue weighted by molar-refractivity contribution is 0.100. The molecule has 0 aliphatic rings. The van der Waals surface area contributed by atoms with Gasteiger partial charge in [0.15, 0.2) is 0 Å². The normalized spacial score (nSPS) is 11.3. The van der Waals surface area contributed by atoms with Gasteiger partial charge < -0.3 is 15.6 Å². The monoisotopic (exact) mass is 308 g/mol. The highest BCUT2D eigenvalue weighted by atomic mass is 16.1. The van der Waals surface area contributed by atoms with E-state index in [-0.39, 0.29) is 0 Å². The molecule has 0 unspecified atom stereocenters. The van der Waals surface area contributed by atoms with Crippen molar-refractivity contribution in [3.8, 4) is 11.4 Å². The van der Waals surface area contributed by atoms with Gasteiger partial charge >= 0.3 is 0 Å². The number of primary amides is 1. The van der Waals surface area contributed by atoms with Crippen molar-refractivity contribution in [2.45, 2.75) is 6.42 Å². The third kappa shape index (κ3) is 3.24. The van der Waals surface area contributed by atoms with Crippen LogP contribution in [0, 0.1) is 0 Å². The first-order chi connectivity index (χ1) is 11.0. The zero-order valence-corrected chi connectivity index (χ0v) is 13.3. The molecular weight excluding hydrogens is 288 g/mol. The molecule has 0 aliphatic heterocycles. The van der Waals surface area contributed by atoms with Crippen molar-refractivity contribution in [1.29, 1.82) is 0 Å². The Morgan fingerprint density at radius 2 is 1.91 bits per heavy atom. The smallest absolute Gasteiger partial charge is 0.250 e. The first-order valence-corrected chi connectivity index (χ1v) is 7.57.